The number of benzene rings is 11. The van der Waals surface area contributed by atoms with Gasteiger partial charge in [-0.3, -0.25) is 0 Å². The van der Waals surface area contributed by atoms with Gasteiger partial charge in [-0.2, -0.15) is 0 Å². The molecule has 0 atom stereocenters. The molecule has 0 aliphatic rings. The Labute approximate surface area is 391 Å². The molecule has 0 aliphatic heterocycles. The minimum absolute atomic E-state index is 0.918. The summed E-state index contributed by atoms with van der Waals surface area (Å²) in [7, 11) is 0. The zero-order chi connectivity index (χ0) is 44.7. The van der Waals surface area contributed by atoms with Crippen LogP contribution >= 0.6 is 0 Å². The molecule has 12 rings (SSSR count). The molecular weight excluding hydrogens is 811 g/mol. The fourth-order valence-corrected chi connectivity index (χ4v) is 9.78. The summed E-state index contributed by atoms with van der Waals surface area (Å²) in [5.41, 5.74) is 18.3. The van der Waals surface area contributed by atoms with Crippen LogP contribution in [0.1, 0.15) is 5.56 Å². The maximum Gasteiger partial charge on any atom is 0.138 e. The van der Waals surface area contributed by atoms with Crippen molar-refractivity contribution in [1.82, 2.24) is 0 Å². The van der Waals surface area contributed by atoms with Crippen molar-refractivity contribution in [2.45, 2.75) is 6.92 Å². The number of rotatable bonds is 9. The Morgan fingerprint density at radius 1 is 0.284 bits per heavy atom. The van der Waals surface area contributed by atoms with E-state index in [0.29, 0.717) is 0 Å². The van der Waals surface area contributed by atoms with E-state index >= 15 is 0 Å². The number of para-hydroxylation sites is 1. The van der Waals surface area contributed by atoms with Crippen molar-refractivity contribution in [3.8, 4) is 67.0 Å². The molecule has 316 valence electrons. The monoisotopic (exact) mass is 855 g/mol. The minimum Gasteiger partial charge on any atom is -0.456 e. The topological polar surface area (TPSA) is 16.4 Å². The number of aryl methyl sites for hydroxylation is 1. The molecule has 0 saturated carbocycles. The van der Waals surface area contributed by atoms with Crippen molar-refractivity contribution >= 4 is 49.6 Å². The van der Waals surface area contributed by atoms with E-state index in [2.05, 4.69) is 254 Å². The smallest absolute Gasteiger partial charge is 0.138 e. The number of fused-ring (bicyclic) bond motifs is 4. The average Bonchev–Trinajstić information content (AvgIpc) is 3.75. The van der Waals surface area contributed by atoms with Crippen molar-refractivity contribution in [3.63, 3.8) is 0 Å². The lowest BCUT2D eigenvalue weighted by Gasteiger charge is -2.26. The van der Waals surface area contributed by atoms with Gasteiger partial charge in [0.25, 0.3) is 0 Å². The Balaban J connectivity index is 0.863. The SMILES string of the molecule is Cc1c(-c2cccc(-c3ccc(-c4ccc(N(c5ccc(-c6ccc7c(ccc8ccccc87)c6)cc5)c5ccc(-c6ccccc6-c6ccccc6)cc5)cc4)cc3)c2)oc2ccccc12. The van der Waals surface area contributed by atoms with Gasteiger partial charge >= 0.3 is 0 Å². The quantitative estimate of drug-likeness (QED) is 0.135. The van der Waals surface area contributed by atoms with Crippen molar-refractivity contribution < 1.29 is 4.42 Å². The van der Waals surface area contributed by atoms with Crippen LogP contribution < -0.4 is 4.90 Å². The molecule has 0 unspecified atom stereocenters. The number of hydrogen-bond acceptors (Lipinski definition) is 2. The van der Waals surface area contributed by atoms with Gasteiger partial charge in [-0.15, -0.1) is 0 Å². The lowest BCUT2D eigenvalue weighted by atomic mass is 9.94. The first-order valence-corrected chi connectivity index (χ1v) is 23.0. The van der Waals surface area contributed by atoms with Crippen LogP contribution in [-0.4, -0.2) is 0 Å². The minimum atomic E-state index is 0.918. The Hall–Kier alpha value is -8.72. The molecule has 0 aliphatic carbocycles. The molecular formula is C65H45NO. The zero-order valence-electron chi connectivity index (χ0n) is 37.1. The van der Waals surface area contributed by atoms with Gasteiger partial charge in [0.15, 0.2) is 0 Å². The second-order valence-corrected chi connectivity index (χ2v) is 17.3. The van der Waals surface area contributed by atoms with Gasteiger partial charge in [0.2, 0.25) is 0 Å². The molecule has 1 heterocycles. The third kappa shape index (κ3) is 7.55. The molecule has 67 heavy (non-hydrogen) atoms. The Bertz CT molecular complexity index is 3720. The fourth-order valence-electron chi connectivity index (χ4n) is 9.78. The fraction of sp³-hybridized carbons (Fsp3) is 0.0154. The molecule has 0 radical (unpaired) electrons. The second-order valence-electron chi connectivity index (χ2n) is 17.3. The Morgan fingerprint density at radius 2 is 0.716 bits per heavy atom. The zero-order valence-corrected chi connectivity index (χ0v) is 37.1. The van der Waals surface area contributed by atoms with Gasteiger partial charge in [-0.05, 0) is 139 Å². The molecule has 0 spiro atoms. The van der Waals surface area contributed by atoms with Gasteiger partial charge in [-0.1, -0.05) is 200 Å². The lowest BCUT2D eigenvalue weighted by Crippen LogP contribution is -2.09. The summed E-state index contributed by atoms with van der Waals surface area (Å²) in [6, 6.07) is 91.9. The first-order valence-electron chi connectivity index (χ1n) is 23.0. The van der Waals surface area contributed by atoms with Crippen LogP contribution in [0.5, 0.6) is 0 Å². The first-order chi connectivity index (χ1) is 33.1. The molecule has 1 aromatic heterocycles. The molecule has 0 N–H and O–H groups in total. The molecule has 0 saturated heterocycles. The second kappa shape index (κ2) is 17.0. The predicted octanol–water partition coefficient (Wildman–Crippen LogP) is 18.5. The van der Waals surface area contributed by atoms with Gasteiger partial charge in [0, 0.05) is 33.6 Å². The van der Waals surface area contributed by atoms with Crippen LogP contribution in [0.25, 0.3) is 99.5 Å². The molecule has 0 fully saturated rings. The van der Waals surface area contributed by atoms with E-state index in [9.17, 15) is 0 Å². The Kier molecular flexibility index (Phi) is 10.1. The Morgan fingerprint density at radius 3 is 1.36 bits per heavy atom. The highest BCUT2D eigenvalue weighted by Crippen LogP contribution is 2.41. The molecule has 12 aromatic rings. The highest BCUT2D eigenvalue weighted by atomic mass is 16.3. The standard InChI is InChI=1S/C65H45NO/c1-44-59-17-9-10-21-64(59)67-65(44)55-16-11-15-52(43-55)47-24-22-45(23-25-47)46-28-35-56(36-29-46)66(58-39-32-51(33-40-58)62-20-8-7-19-60(62)49-12-3-2-4-13-49)57-37-30-48(31-38-57)53-34-41-63-54(42-53)27-26-50-14-5-6-18-61(50)63/h2-43H,1H3. The summed E-state index contributed by atoms with van der Waals surface area (Å²) in [5.74, 6) is 0.924. The summed E-state index contributed by atoms with van der Waals surface area (Å²) in [4.78, 5) is 2.35. The summed E-state index contributed by atoms with van der Waals surface area (Å²) < 4.78 is 6.32. The maximum atomic E-state index is 6.32. The van der Waals surface area contributed by atoms with Crippen molar-refractivity contribution in [1.29, 1.82) is 0 Å². The van der Waals surface area contributed by atoms with Crippen LogP contribution in [0.3, 0.4) is 0 Å². The number of furan rings is 1. The predicted molar refractivity (Wildman–Crippen MR) is 283 cm³/mol. The van der Waals surface area contributed by atoms with E-state index in [4.69, 9.17) is 4.42 Å². The average molecular weight is 856 g/mol. The van der Waals surface area contributed by atoms with Crippen LogP contribution in [-0.2, 0) is 0 Å². The van der Waals surface area contributed by atoms with E-state index in [1.165, 1.54) is 66.1 Å². The molecule has 2 heteroatoms. The van der Waals surface area contributed by atoms with Gasteiger partial charge in [0.1, 0.15) is 11.3 Å². The van der Waals surface area contributed by atoms with Crippen LogP contribution in [0.15, 0.2) is 259 Å². The van der Waals surface area contributed by atoms with E-state index in [0.717, 1.165) is 56.0 Å². The first kappa shape index (κ1) is 39.8. The van der Waals surface area contributed by atoms with E-state index in [1.807, 2.05) is 12.1 Å². The molecule has 0 amide bonds. The van der Waals surface area contributed by atoms with Crippen LogP contribution in [0, 0.1) is 6.92 Å². The van der Waals surface area contributed by atoms with Crippen molar-refractivity contribution in [3.05, 3.63) is 260 Å². The van der Waals surface area contributed by atoms with Crippen molar-refractivity contribution in [2.24, 2.45) is 0 Å². The van der Waals surface area contributed by atoms with E-state index < -0.39 is 0 Å². The maximum absolute atomic E-state index is 6.32. The molecule has 11 aromatic carbocycles. The highest BCUT2D eigenvalue weighted by Gasteiger charge is 2.17. The van der Waals surface area contributed by atoms with Gasteiger partial charge < -0.3 is 9.32 Å². The summed E-state index contributed by atoms with van der Waals surface area (Å²) in [6.07, 6.45) is 0. The van der Waals surface area contributed by atoms with E-state index in [-0.39, 0.29) is 0 Å². The third-order valence-corrected chi connectivity index (χ3v) is 13.3. The number of nitrogens with zero attached hydrogens (tertiary/aromatic N) is 1. The molecule has 0 bridgehead atoms. The number of anilines is 3. The summed E-state index contributed by atoms with van der Waals surface area (Å²) in [5, 5.41) is 6.22. The van der Waals surface area contributed by atoms with Gasteiger partial charge in [0.05, 0.1) is 0 Å². The number of hydrogen-bond donors (Lipinski definition) is 0. The van der Waals surface area contributed by atoms with Crippen molar-refractivity contribution in [2.75, 3.05) is 4.90 Å². The lowest BCUT2D eigenvalue weighted by molar-refractivity contribution is 0.629. The van der Waals surface area contributed by atoms with Gasteiger partial charge in [-0.25, -0.2) is 0 Å². The van der Waals surface area contributed by atoms with E-state index in [1.54, 1.807) is 0 Å². The largest absolute Gasteiger partial charge is 0.456 e. The van der Waals surface area contributed by atoms with Crippen LogP contribution in [0.4, 0.5) is 17.1 Å². The summed E-state index contributed by atoms with van der Waals surface area (Å²) in [6.45, 7) is 2.14. The van der Waals surface area contributed by atoms with Crippen LogP contribution in [0.2, 0.25) is 0 Å². The highest BCUT2D eigenvalue weighted by molar-refractivity contribution is 6.08. The normalized spacial score (nSPS) is 11.4. The molecule has 2 nitrogen and oxygen atoms in total. The third-order valence-electron chi connectivity index (χ3n) is 13.3. The summed E-state index contributed by atoms with van der Waals surface area (Å²) >= 11 is 0.